The molecular formula is C25H22BrN7O3. The van der Waals surface area contributed by atoms with Crippen LogP contribution in [-0.2, 0) is 0 Å². The molecule has 0 unspecified atom stereocenters. The van der Waals surface area contributed by atoms with Crippen molar-refractivity contribution in [3.8, 4) is 34.5 Å². The first kappa shape index (κ1) is 25.0. The first-order valence-electron chi connectivity index (χ1n) is 10.9. The summed E-state index contributed by atoms with van der Waals surface area (Å²) in [7, 11) is 3.92. The zero-order valence-electron chi connectivity index (χ0n) is 19.8. The van der Waals surface area contributed by atoms with Crippen molar-refractivity contribution in [3.05, 3.63) is 70.3 Å². The number of benzene rings is 1. The molecule has 10 nitrogen and oxygen atoms in total. The molecule has 0 atom stereocenters. The second kappa shape index (κ2) is 11.1. The van der Waals surface area contributed by atoms with E-state index in [1.807, 2.05) is 19.0 Å². The number of aryl methyl sites for hydroxylation is 1. The van der Waals surface area contributed by atoms with Gasteiger partial charge in [0.05, 0.1) is 27.4 Å². The Hall–Kier alpha value is -4.14. The van der Waals surface area contributed by atoms with E-state index < -0.39 is 0 Å². The highest BCUT2D eigenvalue weighted by Gasteiger charge is 2.14. The number of hydrogen-bond donors (Lipinski definition) is 1. The third kappa shape index (κ3) is 5.91. The predicted molar refractivity (Wildman–Crippen MR) is 136 cm³/mol. The molecule has 36 heavy (non-hydrogen) atoms. The van der Waals surface area contributed by atoms with E-state index in [0.29, 0.717) is 62.3 Å². The molecule has 0 radical (unpaired) electrons. The lowest BCUT2D eigenvalue weighted by Crippen LogP contribution is -2.19. The number of carbonyl (C=O) groups is 1. The van der Waals surface area contributed by atoms with Crippen LogP contribution in [0.1, 0.15) is 21.8 Å². The number of carbonyl (C=O) groups excluding carboxylic acids is 1. The molecule has 0 saturated heterocycles. The summed E-state index contributed by atoms with van der Waals surface area (Å²) in [5.74, 6) is 1.41. The number of aromatic nitrogens is 4. The van der Waals surface area contributed by atoms with Gasteiger partial charge in [-0.15, -0.1) is 0 Å². The number of pyridine rings is 2. The van der Waals surface area contributed by atoms with Crippen LogP contribution in [0.2, 0.25) is 0 Å². The van der Waals surface area contributed by atoms with Crippen LogP contribution in [0.3, 0.4) is 0 Å². The molecule has 3 aromatic heterocycles. The zero-order valence-corrected chi connectivity index (χ0v) is 21.4. The Morgan fingerprint density at radius 3 is 2.69 bits per heavy atom. The number of halogens is 1. The summed E-state index contributed by atoms with van der Waals surface area (Å²) in [6.07, 6.45) is 3.03. The highest BCUT2D eigenvalue weighted by atomic mass is 79.9. The fourth-order valence-corrected chi connectivity index (χ4v) is 3.56. The van der Waals surface area contributed by atoms with Crippen molar-refractivity contribution < 1.29 is 14.1 Å². The van der Waals surface area contributed by atoms with Crippen LogP contribution in [0.25, 0.3) is 22.6 Å². The van der Waals surface area contributed by atoms with E-state index >= 15 is 0 Å². The average molecular weight is 548 g/mol. The normalized spacial score (nSPS) is 10.8. The van der Waals surface area contributed by atoms with Crippen molar-refractivity contribution in [2.75, 3.05) is 32.6 Å². The molecular weight excluding hydrogens is 526 g/mol. The Morgan fingerprint density at radius 2 is 2.03 bits per heavy atom. The molecule has 4 rings (SSSR count). The summed E-state index contributed by atoms with van der Waals surface area (Å²) < 4.78 is 11.5. The Morgan fingerprint density at radius 1 is 1.19 bits per heavy atom. The molecule has 0 saturated carbocycles. The van der Waals surface area contributed by atoms with Crippen LogP contribution in [-0.4, -0.2) is 58.2 Å². The van der Waals surface area contributed by atoms with Gasteiger partial charge < -0.3 is 19.5 Å². The molecule has 4 aromatic rings. The maximum atomic E-state index is 12.8. The third-order valence-electron chi connectivity index (χ3n) is 5.09. The minimum Gasteiger partial charge on any atom is -0.491 e. The van der Waals surface area contributed by atoms with Crippen molar-refractivity contribution in [3.63, 3.8) is 0 Å². The van der Waals surface area contributed by atoms with Gasteiger partial charge >= 0.3 is 0 Å². The van der Waals surface area contributed by atoms with Crippen LogP contribution in [0.5, 0.6) is 5.75 Å². The number of anilines is 1. The maximum Gasteiger partial charge on any atom is 0.258 e. The van der Waals surface area contributed by atoms with Crippen LogP contribution in [0.15, 0.2) is 57.8 Å². The van der Waals surface area contributed by atoms with Gasteiger partial charge in [0.2, 0.25) is 11.7 Å². The lowest BCUT2D eigenvalue weighted by Gasteiger charge is -2.13. The highest BCUT2D eigenvalue weighted by Crippen LogP contribution is 2.28. The molecule has 1 aromatic carbocycles. The molecule has 1 N–H and O–H groups in total. The quantitative estimate of drug-likeness (QED) is 0.342. The van der Waals surface area contributed by atoms with Crippen LogP contribution in [0, 0.1) is 18.3 Å². The molecule has 0 aliphatic carbocycles. The highest BCUT2D eigenvalue weighted by molar-refractivity contribution is 9.10. The lowest BCUT2D eigenvalue weighted by atomic mass is 10.0. The fourth-order valence-electron chi connectivity index (χ4n) is 3.23. The van der Waals surface area contributed by atoms with Crippen LogP contribution in [0.4, 0.5) is 5.82 Å². The summed E-state index contributed by atoms with van der Waals surface area (Å²) >= 11 is 3.41. The van der Waals surface area contributed by atoms with Crippen molar-refractivity contribution in [1.29, 1.82) is 5.26 Å². The Bertz CT molecular complexity index is 1430. The van der Waals surface area contributed by atoms with E-state index in [0.717, 1.165) is 6.54 Å². The predicted octanol–water partition coefficient (Wildman–Crippen LogP) is 4.33. The van der Waals surface area contributed by atoms with E-state index in [-0.39, 0.29) is 5.91 Å². The van der Waals surface area contributed by atoms with Crippen molar-refractivity contribution in [1.82, 2.24) is 25.0 Å². The average Bonchev–Trinajstić information content (AvgIpc) is 3.31. The summed E-state index contributed by atoms with van der Waals surface area (Å²) in [4.78, 5) is 27.6. The summed E-state index contributed by atoms with van der Waals surface area (Å²) in [5, 5.41) is 16.3. The molecule has 0 bridgehead atoms. The van der Waals surface area contributed by atoms with Crippen molar-refractivity contribution >= 4 is 27.7 Å². The molecule has 1 amide bonds. The summed E-state index contributed by atoms with van der Waals surface area (Å²) in [5.41, 5.74) is 2.59. The molecule has 0 aliphatic rings. The summed E-state index contributed by atoms with van der Waals surface area (Å²) in [6, 6.07) is 12.4. The number of likely N-dealkylation sites (N-methyl/N-ethyl adjacent to an activating group) is 1. The van der Waals surface area contributed by atoms with Gasteiger partial charge in [0, 0.05) is 43.1 Å². The number of amides is 1. The largest absolute Gasteiger partial charge is 0.491 e. The number of nitriles is 1. The van der Waals surface area contributed by atoms with Gasteiger partial charge in [0.15, 0.2) is 0 Å². The van der Waals surface area contributed by atoms with E-state index in [4.69, 9.17) is 9.26 Å². The number of hydrogen-bond acceptors (Lipinski definition) is 9. The second-order valence-corrected chi connectivity index (χ2v) is 8.90. The minimum atomic E-state index is -0.369. The van der Waals surface area contributed by atoms with Gasteiger partial charge in [-0.25, -0.2) is 4.98 Å². The topological polar surface area (TPSA) is 130 Å². The fraction of sp³-hybridized carbons (Fsp3) is 0.200. The molecule has 0 aliphatic heterocycles. The molecule has 0 fully saturated rings. The lowest BCUT2D eigenvalue weighted by molar-refractivity contribution is 0.102. The smallest absolute Gasteiger partial charge is 0.258 e. The minimum absolute atomic E-state index is 0.343. The SMILES string of the molecule is Cc1nc(-c2ccc(-c3ccc(C(=O)Nc4cc(OCCN(C)C)c(Br)cn4)cn3)c(C#N)c2)no1. The molecule has 3 heterocycles. The van der Waals surface area contributed by atoms with E-state index in [2.05, 4.69) is 47.4 Å². The second-order valence-electron chi connectivity index (χ2n) is 8.05. The van der Waals surface area contributed by atoms with Gasteiger partial charge in [-0.05, 0) is 48.2 Å². The van der Waals surface area contributed by atoms with Crippen LogP contribution < -0.4 is 10.1 Å². The Kier molecular flexibility index (Phi) is 7.68. The Labute approximate surface area is 216 Å². The zero-order chi connectivity index (χ0) is 25.7. The molecule has 182 valence electrons. The maximum absolute atomic E-state index is 12.8. The monoisotopic (exact) mass is 547 g/mol. The van der Waals surface area contributed by atoms with Gasteiger partial charge in [0.25, 0.3) is 5.91 Å². The van der Waals surface area contributed by atoms with E-state index in [9.17, 15) is 10.1 Å². The third-order valence-corrected chi connectivity index (χ3v) is 5.68. The number of ether oxygens (including phenoxy) is 1. The van der Waals surface area contributed by atoms with Gasteiger partial charge in [-0.3, -0.25) is 9.78 Å². The van der Waals surface area contributed by atoms with E-state index in [1.54, 1.807) is 49.5 Å². The van der Waals surface area contributed by atoms with Gasteiger partial charge in [0.1, 0.15) is 18.2 Å². The number of nitrogens with zero attached hydrogens (tertiary/aromatic N) is 6. The van der Waals surface area contributed by atoms with Gasteiger partial charge in [-0.1, -0.05) is 17.3 Å². The van der Waals surface area contributed by atoms with Crippen LogP contribution >= 0.6 is 15.9 Å². The Balaban J connectivity index is 1.48. The standard InChI is InChI=1S/C25H22BrN7O3/c1-15-30-24(32-36-15)16-4-6-19(18(10-16)12-27)21-7-5-17(13-28-21)25(34)31-23-11-22(20(26)14-29-23)35-9-8-33(2)3/h4-7,10-11,13-14H,8-9H2,1-3H3,(H,29,31,34). The molecule has 0 spiro atoms. The van der Waals surface area contributed by atoms with Crippen molar-refractivity contribution in [2.24, 2.45) is 0 Å². The summed E-state index contributed by atoms with van der Waals surface area (Å²) in [6.45, 7) is 2.94. The first-order chi connectivity index (χ1) is 17.3. The van der Waals surface area contributed by atoms with Gasteiger partial charge in [-0.2, -0.15) is 10.2 Å². The molecule has 11 heteroatoms. The van der Waals surface area contributed by atoms with E-state index in [1.165, 1.54) is 6.20 Å². The number of rotatable bonds is 8. The number of nitrogens with one attached hydrogen (secondary N) is 1. The first-order valence-corrected chi connectivity index (χ1v) is 11.7. The van der Waals surface area contributed by atoms with Crippen molar-refractivity contribution in [2.45, 2.75) is 6.92 Å².